The van der Waals surface area contributed by atoms with E-state index >= 15 is 0 Å². The van der Waals surface area contributed by atoms with Crippen molar-refractivity contribution in [2.75, 3.05) is 11.9 Å². The van der Waals surface area contributed by atoms with Crippen molar-refractivity contribution in [3.05, 3.63) is 18.0 Å². The molecule has 0 aromatic carbocycles. The molecule has 0 saturated heterocycles. The zero-order chi connectivity index (χ0) is 8.67. The zero-order valence-electron chi connectivity index (χ0n) is 7.17. The maximum absolute atomic E-state index is 4.34. The van der Waals surface area contributed by atoms with E-state index < -0.39 is 0 Å². The molecular formula is C9H10N4. The Labute approximate surface area is 75.4 Å². The number of nitrogens with zero attached hydrogens (tertiary/aromatic N) is 2. The summed E-state index contributed by atoms with van der Waals surface area (Å²) in [7, 11) is 0. The van der Waals surface area contributed by atoms with Gasteiger partial charge in [0.1, 0.15) is 5.82 Å². The third-order valence-electron chi connectivity index (χ3n) is 2.50. The van der Waals surface area contributed by atoms with Crippen LogP contribution in [0.2, 0.25) is 0 Å². The summed E-state index contributed by atoms with van der Waals surface area (Å²) in [5, 5.41) is 11.4. The van der Waals surface area contributed by atoms with E-state index in [0.717, 1.165) is 24.3 Å². The van der Waals surface area contributed by atoms with E-state index in [4.69, 9.17) is 0 Å². The van der Waals surface area contributed by atoms with E-state index in [2.05, 4.69) is 20.5 Å². The van der Waals surface area contributed by atoms with Crippen molar-refractivity contribution in [2.24, 2.45) is 0 Å². The molecule has 13 heavy (non-hydrogen) atoms. The van der Waals surface area contributed by atoms with Crippen molar-refractivity contribution in [3.8, 4) is 0 Å². The molecule has 1 aliphatic heterocycles. The summed E-state index contributed by atoms with van der Waals surface area (Å²) < 4.78 is 0. The highest BCUT2D eigenvalue weighted by Gasteiger charge is 2.13. The molecule has 0 unspecified atom stereocenters. The monoisotopic (exact) mass is 174 g/mol. The Morgan fingerprint density at radius 2 is 2.31 bits per heavy atom. The van der Waals surface area contributed by atoms with Crippen LogP contribution in [0.4, 0.5) is 5.82 Å². The van der Waals surface area contributed by atoms with Gasteiger partial charge in [0.15, 0.2) is 0 Å². The summed E-state index contributed by atoms with van der Waals surface area (Å²) >= 11 is 0. The van der Waals surface area contributed by atoms with Gasteiger partial charge in [0.25, 0.3) is 0 Å². The molecular weight excluding hydrogens is 164 g/mol. The molecule has 2 N–H and O–H groups in total. The van der Waals surface area contributed by atoms with E-state index in [0.29, 0.717) is 0 Å². The van der Waals surface area contributed by atoms with Gasteiger partial charge in [0.05, 0.1) is 17.9 Å². The fraction of sp³-hybridized carbons (Fsp3) is 0.333. The predicted molar refractivity (Wildman–Crippen MR) is 50.7 cm³/mol. The third kappa shape index (κ3) is 0.915. The Morgan fingerprint density at radius 3 is 3.31 bits per heavy atom. The largest absolute Gasteiger partial charge is 0.370 e. The molecule has 0 amide bonds. The molecule has 2 aromatic rings. The first-order valence-corrected chi connectivity index (χ1v) is 4.50. The number of aromatic nitrogens is 3. The number of aromatic amines is 1. The fourth-order valence-electron chi connectivity index (χ4n) is 1.85. The molecule has 2 aromatic heterocycles. The minimum absolute atomic E-state index is 1.03. The molecule has 4 nitrogen and oxygen atoms in total. The van der Waals surface area contributed by atoms with Crippen LogP contribution >= 0.6 is 0 Å². The molecule has 0 aliphatic carbocycles. The van der Waals surface area contributed by atoms with Crippen LogP contribution in [-0.4, -0.2) is 21.7 Å². The normalized spacial score (nSPS) is 15.4. The number of rotatable bonds is 0. The molecule has 0 radical (unpaired) electrons. The Hall–Kier alpha value is -1.58. The van der Waals surface area contributed by atoms with E-state index in [-0.39, 0.29) is 0 Å². The van der Waals surface area contributed by atoms with Gasteiger partial charge in [-0.2, -0.15) is 5.10 Å². The third-order valence-corrected chi connectivity index (χ3v) is 2.50. The minimum atomic E-state index is 1.03. The number of fused-ring (bicyclic) bond motifs is 3. The number of hydrogen-bond donors (Lipinski definition) is 2. The molecule has 0 saturated carbocycles. The number of hydrogen-bond acceptors (Lipinski definition) is 3. The van der Waals surface area contributed by atoms with E-state index in [1.54, 1.807) is 0 Å². The second-order valence-corrected chi connectivity index (χ2v) is 3.31. The second kappa shape index (κ2) is 2.45. The van der Waals surface area contributed by atoms with Crippen LogP contribution in [0.15, 0.2) is 12.4 Å². The standard InChI is InChI=1S/C9H10N4/c1-2-6-7-4-12-13-8(7)5-11-9(6)10-3-1/h4-5H,1-3H2,(H,10,11)(H,12,13). The fourth-order valence-corrected chi connectivity index (χ4v) is 1.85. The van der Waals surface area contributed by atoms with Crippen molar-refractivity contribution in [1.29, 1.82) is 0 Å². The predicted octanol–water partition coefficient (Wildman–Crippen LogP) is 1.32. The van der Waals surface area contributed by atoms with Crippen molar-refractivity contribution in [1.82, 2.24) is 15.2 Å². The van der Waals surface area contributed by atoms with Crippen LogP contribution in [0.1, 0.15) is 12.0 Å². The SMILES string of the molecule is c1nc2c(c3cn[nH]c13)CCCN2. The van der Waals surface area contributed by atoms with Crippen LogP contribution in [0, 0.1) is 0 Å². The minimum Gasteiger partial charge on any atom is -0.370 e. The average Bonchev–Trinajstić information content (AvgIpc) is 2.65. The van der Waals surface area contributed by atoms with Crippen molar-refractivity contribution >= 4 is 16.7 Å². The smallest absolute Gasteiger partial charge is 0.129 e. The van der Waals surface area contributed by atoms with Gasteiger partial charge in [-0.25, -0.2) is 4.98 Å². The summed E-state index contributed by atoms with van der Waals surface area (Å²) in [6.45, 7) is 1.03. The first-order valence-electron chi connectivity index (χ1n) is 4.50. The van der Waals surface area contributed by atoms with Gasteiger partial charge in [-0.1, -0.05) is 0 Å². The van der Waals surface area contributed by atoms with Crippen LogP contribution in [0.5, 0.6) is 0 Å². The van der Waals surface area contributed by atoms with Gasteiger partial charge in [-0.15, -0.1) is 0 Å². The van der Waals surface area contributed by atoms with E-state index in [1.807, 2.05) is 12.4 Å². The number of nitrogens with one attached hydrogen (secondary N) is 2. The Morgan fingerprint density at radius 1 is 1.31 bits per heavy atom. The second-order valence-electron chi connectivity index (χ2n) is 3.31. The highest BCUT2D eigenvalue weighted by molar-refractivity contribution is 5.85. The molecule has 0 bridgehead atoms. The van der Waals surface area contributed by atoms with E-state index in [1.165, 1.54) is 17.4 Å². The van der Waals surface area contributed by atoms with Crippen molar-refractivity contribution in [2.45, 2.75) is 12.8 Å². The van der Waals surface area contributed by atoms with Crippen LogP contribution in [0.25, 0.3) is 10.9 Å². The van der Waals surface area contributed by atoms with Crippen LogP contribution in [0.3, 0.4) is 0 Å². The van der Waals surface area contributed by atoms with E-state index in [9.17, 15) is 0 Å². The summed E-state index contributed by atoms with van der Waals surface area (Å²) in [6, 6.07) is 0. The van der Waals surface area contributed by atoms with Crippen LogP contribution < -0.4 is 5.32 Å². The molecule has 3 heterocycles. The molecule has 4 heteroatoms. The molecule has 0 spiro atoms. The lowest BCUT2D eigenvalue weighted by Crippen LogP contribution is -2.13. The summed E-state index contributed by atoms with van der Waals surface area (Å²) in [6.07, 6.45) is 5.99. The summed E-state index contributed by atoms with van der Waals surface area (Å²) in [5.74, 6) is 1.03. The van der Waals surface area contributed by atoms with Gasteiger partial charge in [0, 0.05) is 17.5 Å². The summed E-state index contributed by atoms with van der Waals surface area (Å²) in [5.41, 5.74) is 2.33. The van der Waals surface area contributed by atoms with Gasteiger partial charge in [-0.05, 0) is 12.8 Å². The number of aryl methyl sites for hydroxylation is 1. The highest BCUT2D eigenvalue weighted by atomic mass is 15.1. The molecule has 1 aliphatic rings. The number of H-pyrrole nitrogens is 1. The maximum Gasteiger partial charge on any atom is 0.129 e. The molecule has 0 fully saturated rings. The maximum atomic E-state index is 4.34. The lowest BCUT2D eigenvalue weighted by atomic mass is 10.0. The molecule has 0 atom stereocenters. The molecule has 66 valence electrons. The lowest BCUT2D eigenvalue weighted by Gasteiger charge is -2.16. The molecule has 3 rings (SSSR count). The average molecular weight is 174 g/mol. The Bertz CT molecular complexity index is 446. The zero-order valence-corrected chi connectivity index (χ0v) is 7.17. The van der Waals surface area contributed by atoms with Crippen molar-refractivity contribution in [3.63, 3.8) is 0 Å². The first-order chi connectivity index (χ1) is 6.45. The van der Waals surface area contributed by atoms with Gasteiger partial charge in [0.2, 0.25) is 0 Å². The number of pyridine rings is 1. The first kappa shape index (κ1) is 6.88. The van der Waals surface area contributed by atoms with Gasteiger partial charge >= 0.3 is 0 Å². The number of anilines is 1. The lowest BCUT2D eigenvalue weighted by molar-refractivity contribution is 0.825. The topological polar surface area (TPSA) is 53.6 Å². The summed E-state index contributed by atoms with van der Waals surface area (Å²) in [4.78, 5) is 4.34. The Balaban J connectivity index is 2.34. The van der Waals surface area contributed by atoms with Gasteiger partial charge < -0.3 is 5.32 Å². The van der Waals surface area contributed by atoms with Crippen LogP contribution in [-0.2, 0) is 6.42 Å². The van der Waals surface area contributed by atoms with Crippen molar-refractivity contribution < 1.29 is 0 Å². The highest BCUT2D eigenvalue weighted by Crippen LogP contribution is 2.26. The Kier molecular flexibility index (Phi) is 1.30. The van der Waals surface area contributed by atoms with Gasteiger partial charge in [-0.3, -0.25) is 5.10 Å². The quantitative estimate of drug-likeness (QED) is 0.633.